The zero-order valence-electron chi connectivity index (χ0n) is 17.8. The Bertz CT molecular complexity index is 451. The van der Waals surface area contributed by atoms with Crippen LogP contribution in [0.2, 0.25) is 0 Å². The number of phosphoric acid groups is 1. The molecule has 200 valence electrons. The molecule has 0 radical (unpaired) electrons. The number of aliphatic hydroxyl groups excluding tert-OH is 6. The molecule has 0 heterocycles. The SMILES string of the molecule is CC(C)=O.CC(C)=O.O=P(O)(O)O.O=[PH](O)O[PH](=O)O.OCC(O)CO.OCC(O)CO. The van der Waals surface area contributed by atoms with E-state index in [0.29, 0.717) is 0 Å². The summed E-state index contributed by atoms with van der Waals surface area (Å²) < 4.78 is 31.2. The first-order valence-electron chi connectivity index (χ1n) is 7.87. The van der Waals surface area contributed by atoms with Gasteiger partial charge in [-0.15, -0.1) is 0 Å². The van der Waals surface area contributed by atoms with Gasteiger partial charge < -0.3 is 64.7 Å². The largest absolute Gasteiger partial charge is 0.466 e. The maximum atomic E-state index is 9.44. The van der Waals surface area contributed by atoms with Crippen molar-refractivity contribution in [1.82, 2.24) is 0 Å². The van der Waals surface area contributed by atoms with Gasteiger partial charge in [0.2, 0.25) is 0 Å². The molecule has 0 rings (SSSR count). The molecular weight excluding hydrogens is 509 g/mol. The Morgan fingerprint density at radius 1 is 0.719 bits per heavy atom. The van der Waals surface area contributed by atoms with Gasteiger partial charge in [0.15, 0.2) is 0 Å². The molecule has 32 heavy (non-hydrogen) atoms. The fourth-order valence-electron chi connectivity index (χ4n) is 0.190. The Morgan fingerprint density at radius 2 is 0.844 bits per heavy atom. The van der Waals surface area contributed by atoms with Crippen molar-refractivity contribution >= 4 is 35.9 Å². The van der Waals surface area contributed by atoms with Crippen molar-refractivity contribution in [3.63, 3.8) is 0 Å². The third-order valence-electron chi connectivity index (χ3n) is 1.02. The Hall–Kier alpha value is -0.450. The van der Waals surface area contributed by atoms with E-state index in [0.717, 1.165) is 0 Å². The van der Waals surface area contributed by atoms with Crippen LogP contribution in [0.4, 0.5) is 0 Å². The van der Waals surface area contributed by atoms with E-state index in [1.165, 1.54) is 27.7 Å². The van der Waals surface area contributed by atoms with Gasteiger partial charge in [-0.2, -0.15) is 0 Å². The summed E-state index contributed by atoms with van der Waals surface area (Å²) >= 11 is 0. The van der Waals surface area contributed by atoms with Crippen molar-refractivity contribution in [1.29, 1.82) is 0 Å². The Kier molecular flexibility index (Phi) is 46.1. The van der Waals surface area contributed by atoms with Gasteiger partial charge in [0.25, 0.3) is 0 Å². The molecule has 0 bridgehead atoms. The highest BCUT2D eigenvalue weighted by atomic mass is 31.2. The Labute approximate surface area is 185 Å². The first kappa shape index (κ1) is 45.1. The van der Waals surface area contributed by atoms with E-state index < -0.39 is 36.5 Å². The molecule has 0 aromatic rings. The zero-order valence-corrected chi connectivity index (χ0v) is 20.7. The molecule has 0 aliphatic heterocycles. The molecule has 0 amide bonds. The monoisotopic (exact) mass is 544 g/mol. The van der Waals surface area contributed by atoms with E-state index in [1.54, 1.807) is 0 Å². The Morgan fingerprint density at radius 3 is 0.844 bits per heavy atom. The molecule has 0 saturated carbocycles. The average molecular weight is 544 g/mol. The van der Waals surface area contributed by atoms with Crippen molar-refractivity contribution in [2.45, 2.75) is 39.9 Å². The van der Waals surface area contributed by atoms with Crippen LogP contribution in [-0.2, 0) is 27.6 Å². The van der Waals surface area contributed by atoms with Crippen molar-refractivity contribution in [3.05, 3.63) is 0 Å². The summed E-state index contributed by atoms with van der Waals surface area (Å²) in [6.45, 7) is 4.65. The van der Waals surface area contributed by atoms with Gasteiger partial charge in [0, 0.05) is 0 Å². The van der Waals surface area contributed by atoms with Gasteiger partial charge in [-0.1, -0.05) is 0 Å². The Balaban J connectivity index is -0.0000000642. The minimum atomic E-state index is -4.64. The van der Waals surface area contributed by atoms with E-state index >= 15 is 0 Å². The molecule has 0 saturated heterocycles. The lowest BCUT2D eigenvalue weighted by Crippen LogP contribution is -2.15. The molecule has 2 unspecified atom stereocenters. The van der Waals surface area contributed by atoms with Gasteiger partial charge in [-0.05, 0) is 27.7 Å². The lowest BCUT2D eigenvalue weighted by molar-refractivity contribution is -0.115. The van der Waals surface area contributed by atoms with Crippen LogP contribution in [0.25, 0.3) is 0 Å². The lowest BCUT2D eigenvalue weighted by atomic mass is 10.4. The number of carbonyl (C=O) groups is 2. The molecule has 0 aromatic carbocycles. The lowest BCUT2D eigenvalue weighted by Gasteiger charge is -1.96. The van der Waals surface area contributed by atoms with Crippen LogP contribution in [0.15, 0.2) is 0 Å². The summed E-state index contributed by atoms with van der Waals surface area (Å²) in [6.07, 6.45) is -1.91. The number of aliphatic hydroxyl groups is 6. The van der Waals surface area contributed by atoms with Gasteiger partial charge in [-0.25, -0.2) is 8.88 Å². The molecule has 2 atom stereocenters. The molecule has 0 fully saturated rings. The molecular formula is C12H35O17P3. The van der Waals surface area contributed by atoms with Crippen molar-refractivity contribution < 1.29 is 82.7 Å². The van der Waals surface area contributed by atoms with E-state index in [-0.39, 0.29) is 38.0 Å². The van der Waals surface area contributed by atoms with Crippen molar-refractivity contribution in [2.24, 2.45) is 0 Å². The second-order valence-electron chi connectivity index (χ2n) is 5.00. The summed E-state index contributed by atoms with van der Waals surface area (Å²) in [4.78, 5) is 55.9. The molecule has 0 aliphatic carbocycles. The molecule has 0 spiro atoms. The highest BCUT2D eigenvalue weighted by Gasteiger charge is 2.00. The quantitative estimate of drug-likeness (QED) is 0.146. The highest BCUT2D eigenvalue weighted by molar-refractivity contribution is 7.46. The topological polar surface area (TPSA) is 317 Å². The predicted octanol–water partition coefficient (Wildman–Crippen LogP) is -3.31. The second-order valence-corrected chi connectivity index (χ2v) is 7.91. The van der Waals surface area contributed by atoms with Crippen LogP contribution in [-0.4, -0.2) is 105 Å². The van der Waals surface area contributed by atoms with Gasteiger partial charge >= 0.3 is 24.3 Å². The summed E-state index contributed by atoms with van der Waals surface area (Å²) in [5, 5.41) is 48.0. The summed E-state index contributed by atoms with van der Waals surface area (Å²) in [5.41, 5.74) is 0. The van der Waals surface area contributed by atoms with Crippen LogP contribution < -0.4 is 0 Å². The highest BCUT2D eigenvalue weighted by Crippen LogP contribution is 2.30. The molecule has 17 nitrogen and oxygen atoms in total. The normalized spacial score (nSPS) is 11.3. The third kappa shape index (κ3) is 181. The van der Waals surface area contributed by atoms with Crippen molar-refractivity contribution in [3.8, 4) is 0 Å². The van der Waals surface area contributed by atoms with Crippen molar-refractivity contribution in [2.75, 3.05) is 26.4 Å². The van der Waals surface area contributed by atoms with Crippen LogP contribution in [0.5, 0.6) is 0 Å². The predicted molar refractivity (Wildman–Crippen MR) is 111 cm³/mol. The maximum Gasteiger partial charge on any atom is 0.466 e. The first-order valence-corrected chi connectivity index (χ1v) is 12.0. The molecule has 20 heteroatoms. The summed E-state index contributed by atoms with van der Waals surface area (Å²) in [7, 11) is -11.0. The van der Waals surface area contributed by atoms with Crippen LogP contribution in [0.3, 0.4) is 0 Å². The van der Waals surface area contributed by atoms with Crippen LogP contribution in [0, 0.1) is 0 Å². The smallest absolute Gasteiger partial charge is 0.394 e. The van der Waals surface area contributed by atoms with Gasteiger partial charge in [0.1, 0.15) is 23.8 Å². The number of carbonyl (C=O) groups excluding carboxylic acids is 2. The molecule has 0 aliphatic rings. The average Bonchev–Trinajstić information content (AvgIpc) is 2.57. The van der Waals surface area contributed by atoms with E-state index in [1.807, 2.05) is 0 Å². The van der Waals surface area contributed by atoms with Crippen LogP contribution >= 0.6 is 24.3 Å². The summed E-state index contributed by atoms with van der Waals surface area (Å²) in [6, 6.07) is 0. The minimum Gasteiger partial charge on any atom is -0.394 e. The summed E-state index contributed by atoms with van der Waals surface area (Å²) in [5.74, 6) is 0.333. The number of rotatable bonds is 6. The van der Waals surface area contributed by atoms with Gasteiger partial charge in [-0.3, -0.25) is 9.13 Å². The fourth-order valence-corrected chi connectivity index (χ4v) is 0.788. The van der Waals surface area contributed by atoms with Gasteiger partial charge in [0.05, 0.1) is 26.4 Å². The standard InChI is InChI=1S/2C3H8O3.2C3H6O.H4O5P2.H3O4P/c2*4-1-3(6)2-5;2*1-3(2)4;1-6(2)5-7(3)4;1-5(2,3)4/h2*3-6H,1-2H2;2*1-2H3;6-7H,(H,1,2)(H,3,4);(H3,1,2,3,4). The number of hydrogen-bond donors (Lipinski definition) is 11. The second kappa shape index (κ2) is 32.7. The third-order valence-corrected chi connectivity index (χ3v) is 2.41. The number of Topliss-reactive ketones (excluding diaryl/α,β-unsaturated/α-hetero) is 2. The fraction of sp³-hybridized carbons (Fsp3) is 0.833. The van der Waals surface area contributed by atoms with E-state index in [2.05, 4.69) is 4.31 Å². The van der Waals surface area contributed by atoms with Crippen LogP contribution in [0.1, 0.15) is 27.7 Å². The minimum absolute atomic E-state index is 0.167. The zero-order chi connectivity index (χ0) is 27.5. The first-order chi connectivity index (χ1) is 14.2. The molecule has 0 aromatic heterocycles. The number of ketones is 2. The molecule has 11 N–H and O–H groups in total. The van der Waals surface area contributed by atoms with E-state index in [4.69, 9.17) is 59.7 Å². The number of hydrogen-bond acceptors (Lipinski definition) is 12. The maximum absolute atomic E-state index is 9.44. The van der Waals surface area contributed by atoms with E-state index in [9.17, 15) is 18.7 Å².